The lowest BCUT2D eigenvalue weighted by Crippen LogP contribution is -2.53. The SMILES string of the molecule is O=C(NCCc1ccccc1Br)C12CC3CC(CC(C3)C1)C2. The molecule has 0 radical (unpaired) electrons. The zero-order valence-corrected chi connectivity index (χ0v) is 14.6. The largest absolute Gasteiger partial charge is 0.355 e. The van der Waals surface area contributed by atoms with E-state index in [4.69, 9.17) is 0 Å². The summed E-state index contributed by atoms with van der Waals surface area (Å²) in [6.45, 7) is 0.753. The first-order valence-electron chi connectivity index (χ1n) is 8.66. The molecule has 0 atom stereocenters. The molecule has 0 unspecified atom stereocenters. The van der Waals surface area contributed by atoms with Gasteiger partial charge in [0.2, 0.25) is 5.91 Å². The maximum absolute atomic E-state index is 12.8. The Morgan fingerprint density at radius 3 is 2.27 bits per heavy atom. The number of nitrogens with one attached hydrogen (secondary N) is 1. The maximum atomic E-state index is 12.8. The van der Waals surface area contributed by atoms with Gasteiger partial charge in [-0.3, -0.25) is 4.79 Å². The fourth-order valence-corrected chi connectivity index (χ4v) is 6.07. The predicted octanol–water partition coefficient (Wildman–Crippen LogP) is 4.32. The molecule has 1 N–H and O–H groups in total. The number of amides is 1. The normalized spacial score (nSPS) is 35.6. The minimum atomic E-state index is -0.0112. The first kappa shape index (κ1) is 14.7. The molecular formula is C19H24BrNO. The van der Waals surface area contributed by atoms with Crippen LogP contribution in [0.3, 0.4) is 0 Å². The summed E-state index contributed by atoms with van der Waals surface area (Å²) in [6, 6.07) is 8.28. The number of halogens is 1. The summed E-state index contributed by atoms with van der Waals surface area (Å²) in [7, 11) is 0. The molecule has 0 heterocycles. The summed E-state index contributed by atoms with van der Waals surface area (Å²) in [5.41, 5.74) is 1.26. The van der Waals surface area contributed by atoms with Crippen molar-refractivity contribution in [1.82, 2.24) is 5.32 Å². The van der Waals surface area contributed by atoms with E-state index in [0.717, 1.165) is 54.5 Å². The Balaban J connectivity index is 1.37. The lowest BCUT2D eigenvalue weighted by atomic mass is 9.49. The molecule has 4 aliphatic carbocycles. The van der Waals surface area contributed by atoms with Crippen LogP contribution in [0.25, 0.3) is 0 Å². The Labute approximate surface area is 141 Å². The van der Waals surface area contributed by atoms with E-state index in [-0.39, 0.29) is 5.41 Å². The Kier molecular flexibility index (Phi) is 3.80. The molecule has 1 amide bonds. The molecule has 4 aliphatic rings. The van der Waals surface area contributed by atoms with Crippen molar-refractivity contribution >= 4 is 21.8 Å². The Morgan fingerprint density at radius 2 is 1.68 bits per heavy atom. The summed E-state index contributed by atoms with van der Waals surface area (Å²) in [5, 5.41) is 3.26. The van der Waals surface area contributed by atoms with Crippen LogP contribution in [0.5, 0.6) is 0 Å². The zero-order valence-electron chi connectivity index (χ0n) is 13.0. The molecule has 4 saturated carbocycles. The highest BCUT2D eigenvalue weighted by Crippen LogP contribution is 2.60. The van der Waals surface area contributed by atoms with Gasteiger partial charge < -0.3 is 5.32 Å². The number of hydrogen-bond acceptors (Lipinski definition) is 1. The van der Waals surface area contributed by atoms with Crippen LogP contribution < -0.4 is 5.32 Å². The molecule has 0 saturated heterocycles. The number of benzene rings is 1. The molecule has 0 spiro atoms. The summed E-state index contributed by atoms with van der Waals surface area (Å²) in [4.78, 5) is 12.8. The number of hydrogen-bond donors (Lipinski definition) is 1. The predicted molar refractivity (Wildman–Crippen MR) is 91.5 cm³/mol. The van der Waals surface area contributed by atoms with Crippen molar-refractivity contribution in [2.75, 3.05) is 6.54 Å². The average Bonchev–Trinajstić information content (AvgIpc) is 2.47. The van der Waals surface area contributed by atoms with Crippen LogP contribution in [0.2, 0.25) is 0 Å². The highest BCUT2D eigenvalue weighted by atomic mass is 79.9. The molecule has 0 aliphatic heterocycles. The highest BCUT2D eigenvalue weighted by molar-refractivity contribution is 9.10. The molecule has 1 aromatic carbocycles. The quantitative estimate of drug-likeness (QED) is 0.849. The molecule has 5 rings (SSSR count). The molecule has 118 valence electrons. The van der Waals surface area contributed by atoms with Gasteiger partial charge in [0, 0.05) is 16.4 Å². The third kappa shape index (κ3) is 2.62. The van der Waals surface area contributed by atoms with Gasteiger partial charge in [-0.15, -0.1) is 0 Å². The van der Waals surface area contributed by atoms with Gasteiger partial charge in [0.25, 0.3) is 0 Å². The van der Waals surface area contributed by atoms with Gasteiger partial charge in [0.1, 0.15) is 0 Å². The van der Waals surface area contributed by atoms with Gasteiger partial charge in [-0.25, -0.2) is 0 Å². The zero-order chi connectivity index (χ0) is 15.2. The van der Waals surface area contributed by atoms with Crippen LogP contribution >= 0.6 is 15.9 Å². The first-order valence-corrected chi connectivity index (χ1v) is 9.46. The van der Waals surface area contributed by atoms with Crippen molar-refractivity contribution in [2.24, 2.45) is 23.2 Å². The van der Waals surface area contributed by atoms with Crippen molar-refractivity contribution < 1.29 is 4.79 Å². The van der Waals surface area contributed by atoms with Crippen molar-refractivity contribution in [1.29, 1.82) is 0 Å². The molecule has 0 aromatic heterocycles. The third-order valence-electron chi connectivity index (χ3n) is 6.16. The van der Waals surface area contributed by atoms with Crippen LogP contribution in [0, 0.1) is 23.2 Å². The van der Waals surface area contributed by atoms with Gasteiger partial charge in [-0.2, -0.15) is 0 Å². The molecule has 4 bridgehead atoms. The van der Waals surface area contributed by atoms with Crippen LogP contribution in [0.4, 0.5) is 0 Å². The summed E-state index contributed by atoms with van der Waals surface area (Å²) in [5.74, 6) is 2.85. The lowest BCUT2D eigenvalue weighted by Gasteiger charge is -2.55. The van der Waals surface area contributed by atoms with Crippen molar-refractivity contribution in [2.45, 2.75) is 44.9 Å². The minimum Gasteiger partial charge on any atom is -0.355 e. The summed E-state index contributed by atoms with van der Waals surface area (Å²) >= 11 is 3.58. The van der Waals surface area contributed by atoms with Gasteiger partial charge in [-0.05, 0) is 74.3 Å². The standard InChI is InChI=1S/C19H24BrNO/c20-17-4-2-1-3-16(17)5-6-21-18(22)19-10-13-7-14(11-19)9-15(8-13)12-19/h1-4,13-15H,5-12H2,(H,21,22). The maximum Gasteiger partial charge on any atom is 0.226 e. The second kappa shape index (κ2) is 5.67. The second-order valence-electron chi connectivity index (χ2n) is 7.80. The highest BCUT2D eigenvalue weighted by Gasteiger charge is 2.54. The monoisotopic (exact) mass is 361 g/mol. The van der Waals surface area contributed by atoms with Gasteiger partial charge in [0.05, 0.1) is 0 Å². The third-order valence-corrected chi connectivity index (χ3v) is 6.93. The van der Waals surface area contributed by atoms with Gasteiger partial charge in [0.15, 0.2) is 0 Å². The second-order valence-corrected chi connectivity index (χ2v) is 8.65. The minimum absolute atomic E-state index is 0.0112. The van der Waals surface area contributed by atoms with Crippen LogP contribution in [-0.2, 0) is 11.2 Å². The molecule has 4 fully saturated rings. The molecular weight excluding hydrogens is 338 g/mol. The Morgan fingerprint density at radius 1 is 1.09 bits per heavy atom. The fourth-order valence-electron chi connectivity index (χ4n) is 5.59. The van der Waals surface area contributed by atoms with Gasteiger partial charge >= 0.3 is 0 Å². The summed E-state index contributed by atoms with van der Waals surface area (Å²) < 4.78 is 1.14. The average molecular weight is 362 g/mol. The Bertz CT molecular complexity index is 547. The number of rotatable bonds is 4. The van der Waals surface area contributed by atoms with Crippen LogP contribution in [-0.4, -0.2) is 12.5 Å². The van der Waals surface area contributed by atoms with Gasteiger partial charge in [-0.1, -0.05) is 34.1 Å². The molecule has 1 aromatic rings. The van der Waals surface area contributed by atoms with Crippen molar-refractivity contribution in [3.63, 3.8) is 0 Å². The van der Waals surface area contributed by atoms with E-state index in [1.54, 1.807) is 0 Å². The summed E-state index contributed by atoms with van der Waals surface area (Å²) in [6.07, 6.45) is 8.54. The van der Waals surface area contributed by atoms with Crippen molar-refractivity contribution in [3.05, 3.63) is 34.3 Å². The smallest absolute Gasteiger partial charge is 0.226 e. The van der Waals surface area contributed by atoms with E-state index in [1.165, 1.54) is 24.8 Å². The number of carbonyl (C=O) groups excluding carboxylic acids is 1. The molecule has 2 nitrogen and oxygen atoms in total. The van der Waals surface area contributed by atoms with Crippen LogP contribution in [0.15, 0.2) is 28.7 Å². The number of carbonyl (C=O) groups is 1. The van der Waals surface area contributed by atoms with E-state index in [1.807, 2.05) is 6.07 Å². The first-order chi connectivity index (χ1) is 10.6. The molecule has 22 heavy (non-hydrogen) atoms. The Hall–Kier alpha value is -0.830. The van der Waals surface area contributed by atoms with E-state index in [2.05, 4.69) is 39.4 Å². The van der Waals surface area contributed by atoms with E-state index in [9.17, 15) is 4.79 Å². The van der Waals surface area contributed by atoms with E-state index in [0.29, 0.717) is 5.91 Å². The van der Waals surface area contributed by atoms with Crippen molar-refractivity contribution in [3.8, 4) is 0 Å². The van der Waals surface area contributed by atoms with E-state index < -0.39 is 0 Å². The van der Waals surface area contributed by atoms with Crippen LogP contribution in [0.1, 0.15) is 44.1 Å². The molecule has 3 heteroatoms. The topological polar surface area (TPSA) is 29.1 Å². The lowest BCUT2D eigenvalue weighted by molar-refractivity contribution is -0.146. The fraction of sp³-hybridized carbons (Fsp3) is 0.632. The van der Waals surface area contributed by atoms with E-state index >= 15 is 0 Å².